The van der Waals surface area contributed by atoms with Gasteiger partial charge in [-0.25, -0.2) is 4.39 Å². The zero-order valence-corrected chi connectivity index (χ0v) is 9.88. The first kappa shape index (κ1) is 10.6. The van der Waals surface area contributed by atoms with Crippen LogP contribution in [0.1, 0.15) is 18.5 Å². The highest BCUT2D eigenvalue weighted by Gasteiger charge is 2.27. The minimum atomic E-state index is -0.437. The van der Waals surface area contributed by atoms with Gasteiger partial charge in [-0.1, -0.05) is 0 Å². The van der Waals surface area contributed by atoms with Crippen LogP contribution in [0.15, 0.2) is 18.3 Å². The lowest BCUT2D eigenvalue weighted by molar-refractivity contribution is -0.118. The van der Waals surface area contributed by atoms with Gasteiger partial charge in [-0.2, -0.15) is 0 Å². The minimum Gasteiger partial charge on any atom is -0.333 e. The van der Waals surface area contributed by atoms with E-state index in [0.717, 1.165) is 10.9 Å². The Balaban J connectivity index is 2.42. The number of rotatable bonds is 1. The Morgan fingerprint density at radius 3 is 3.06 bits per heavy atom. The van der Waals surface area contributed by atoms with E-state index in [9.17, 15) is 9.18 Å². The minimum absolute atomic E-state index is 0.0887. The zero-order valence-electron chi connectivity index (χ0n) is 9.13. The van der Waals surface area contributed by atoms with Gasteiger partial charge >= 0.3 is 0 Å². The first-order valence-electron chi connectivity index (χ1n) is 5.32. The normalized spacial score (nSPS) is 18.5. The monoisotopic (exact) mass is 252 g/mol. The standard InChI is InChI=1S/C12H10ClFN2O/c1-6-12(17)15-10-9(14)8(5-13)4-7-2-3-16(6)11(7)10/h2-4,6H,5H2,1H3,(H,15,17)/t6-/m1/s1. The van der Waals surface area contributed by atoms with Crippen molar-refractivity contribution in [1.29, 1.82) is 0 Å². The number of hydrogen-bond donors (Lipinski definition) is 1. The largest absolute Gasteiger partial charge is 0.333 e. The molecule has 0 bridgehead atoms. The molecule has 1 atom stereocenters. The van der Waals surface area contributed by atoms with E-state index in [1.807, 2.05) is 6.07 Å². The zero-order chi connectivity index (χ0) is 12.2. The van der Waals surface area contributed by atoms with Crippen LogP contribution in [0.4, 0.5) is 10.1 Å². The molecule has 3 nitrogen and oxygen atoms in total. The molecule has 1 aliphatic heterocycles. The van der Waals surface area contributed by atoms with E-state index in [4.69, 9.17) is 11.6 Å². The van der Waals surface area contributed by atoms with Crippen molar-refractivity contribution in [2.45, 2.75) is 18.8 Å². The molecule has 1 N–H and O–H groups in total. The van der Waals surface area contributed by atoms with Gasteiger partial charge in [0.2, 0.25) is 5.91 Å². The Hall–Kier alpha value is -1.55. The van der Waals surface area contributed by atoms with Crippen LogP contribution >= 0.6 is 11.6 Å². The smallest absolute Gasteiger partial charge is 0.247 e. The number of nitrogens with one attached hydrogen (secondary N) is 1. The molecule has 1 aromatic heterocycles. The number of amides is 1. The lowest BCUT2D eigenvalue weighted by Gasteiger charge is -2.23. The van der Waals surface area contributed by atoms with Crippen molar-refractivity contribution in [2.75, 3.05) is 5.32 Å². The molecule has 17 heavy (non-hydrogen) atoms. The number of alkyl halides is 1. The predicted octanol–water partition coefficient (Wildman–Crippen LogP) is 3.03. The molecule has 2 aromatic rings. The molecule has 2 heterocycles. The second-order valence-electron chi connectivity index (χ2n) is 4.18. The third kappa shape index (κ3) is 1.30. The maximum atomic E-state index is 14.1. The van der Waals surface area contributed by atoms with E-state index in [-0.39, 0.29) is 23.5 Å². The van der Waals surface area contributed by atoms with Gasteiger partial charge in [-0.15, -0.1) is 11.6 Å². The SMILES string of the molecule is C[C@@H]1C(=O)Nc2c(F)c(CCl)cc3ccn1c23. The second-order valence-corrected chi connectivity index (χ2v) is 4.45. The summed E-state index contributed by atoms with van der Waals surface area (Å²) in [4.78, 5) is 11.7. The van der Waals surface area contributed by atoms with Crippen LogP contribution in [-0.4, -0.2) is 10.5 Å². The average molecular weight is 253 g/mol. The molecule has 0 fully saturated rings. The summed E-state index contributed by atoms with van der Waals surface area (Å²) in [6.45, 7) is 1.78. The quantitative estimate of drug-likeness (QED) is 0.778. The van der Waals surface area contributed by atoms with Crippen LogP contribution in [0.3, 0.4) is 0 Å². The third-order valence-electron chi connectivity index (χ3n) is 3.20. The number of carbonyl (C=O) groups excluding carboxylic acids is 1. The van der Waals surface area contributed by atoms with Gasteiger partial charge in [0, 0.05) is 17.1 Å². The summed E-state index contributed by atoms with van der Waals surface area (Å²) in [5, 5.41) is 3.50. The Bertz CT molecular complexity index is 635. The lowest BCUT2D eigenvalue weighted by Crippen LogP contribution is -2.28. The average Bonchev–Trinajstić information content (AvgIpc) is 2.74. The van der Waals surface area contributed by atoms with Gasteiger partial charge in [0.15, 0.2) is 5.82 Å². The van der Waals surface area contributed by atoms with Crippen molar-refractivity contribution >= 4 is 34.1 Å². The topological polar surface area (TPSA) is 34.0 Å². The molecule has 0 saturated heterocycles. The van der Waals surface area contributed by atoms with Crippen LogP contribution in [0.5, 0.6) is 0 Å². The fourth-order valence-corrected chi connectivity index (χ4v) is 2.45. The van der Waals surface area contributed by atoms with Gasteiger partial charge < -0.3 is 9.88 Å². The molecular formula is C12H10ClFN2O. The highest BCUT2D eigenvalue weighted by Crippen LogP contribution is 2.36. The maximum absolute atomic E-state index is 14.1. The number of nitrogens with zero attached hydrogens (tertiary/aromatic N) is 1. The van der Waals surface area contributed by atoms with Gasteiger partial charge in [0.1, 0.15) is 11.7 Å². The number of aromatic nitrogens is 1. The molecule has 1 aliphatic rings. The maximum Gasteiger partial charge on any atom is 0.247 e. The Labute approximate surface area is 102 Å². The third-order valence-corrected chi connectivity index (χ3v) is 3.49. The van der Waals surface area contributed by atoms with Crippen molar-refractivity contribution in [1.82, 2.24) is 4.57 Å². The van der Waals surface area contributed by atoms with Crippen LogP contribution in [0.2, 0.25) is 0 Å². The summed E-state index contributed by atoms with van der Waals surface area (Å²) in [5.74, 6) is -0.556. The molecule has 1 aromatic carbocycles. The second kappa shape index (κ2) is 3.47. The summed E-state index contributed by atoms with van der Waals surface area (Å²) < 4.78 is 15.9. The summed E-state index contributed by atoms with van der Waals surface area (Å²) in [6, 6.07) is 3.27. The summed E-state index contributed by atoms with van der Waals surface area (Å²) in [5.41, 5.74) is 1.37. The van der Waals surface area contributed by atoms with Gasteiger partial charge in [0.25, 0.3) is 0 Å². The number of hydrogen-bond acceptors (Lipinski definition) is 1. The first-order valence-corrected chi connectivity index (χ1v) is 5.85. The van der Waals surface area contributed by atoms with E-state index >= 15 is 0 Å². The van der Waals surface area contributed by atoms with E-state index < -0.39 is 5.82 Å². The molecule has 0 spiro atoms. The Morgan fingerprint density at radius 1 is 1.59 bits per heavy atom. The highest BCUT2D eigenvalue weighted by atomic mass is 35.5. The Morgan fingerprint density at radius 2 is 2.35 bits per heavy atom. The van der Waals surface area contributed by atoms with Gasteiger partial charge in [0.05, 0.1) is 11.4 Å². The van der Waals surface area contributed by atoms with Crippen molar-refractivity contribution in [3.8, 4) is 0 Å². The van der Waals surface area contributed by atoms with E-state index in [1.54, 1.807) is 23.8 Å². The molecule has 1 amide bonds. The first-order chi connectivity index (χ1) is 8.13. The van der Waals surface area contributed by atoms with Crippen LogP contribution < -0.4 is 5.32 Å². The molecule has 0 aliphatic carbocycles. The molecular weight excluding hydrogens is 243 g/mol. The van der Waals surface area contributed by atoms with Crippen molar-refractivity contribution < 1.29 is 9.18 Å². The number of benzene rings is 1. The van der Waals surface area contributed by atoms with Crippen molar-refractivity contribution in [3.63, 3.8) is 0 Å². The van der Waals surface area contributed by atoms with Crippen molar-refractivity contribution in [3.05, 3.63) is 29.7 Å². The molecule has 0 unspecified atom stereocenters. The predicted molar refractivity (Wildman–Crippen MR) is 64.8 cm³/mol. The fourth-order valence-electron chi connectivity index (χ4n) is 2.26. The number of carbonyl (C=O) groups is 1. The molecule has 88 valence electrons. The van der Waals surface area contributed by atoms with Gasteiger partial charge in [-0.3, -0.25) is 4.79 Å². The summed E-state index contributed by atoms with van der Waals surface area (Å²) >= 11 is 5.69. The lowest BCUT2D eigenvalue weighted by atomic mass is 10.1. The number of halogens is 2. The fraction of sp³-hybridized carbons (Fsp3) is 0.250. The highest BCUT2D eigenvalue weighted by molar-refractivity contribution is 6.17. The van der Waals surface area contributed by atoms with Crippen molar-refractivity contribution in [2.24, 2.45) is 0 Å². The molecule has 0 saturated carbocycles. The summed E-state index contributed by atoms with van der Waals surface area (Å²) in [7, 11) is 0. The Kier molecular flexibility index (Phi) is 2.16. The van der Waals surface area contributed by atoms with Crippen LogP contribution in [0, 0.1) is 5.82 Å². The van der Waals surface area contributed by atoms with E-state index in [1.165, 1.54) is 0 Å². The molecule has 0 radical (unpaired) electrons. The number of anilines is 1. The van der Waals surface area contributed by atoms with E-state index in [2.05, 4.69) is 5.32 Å². The van der Waals surface area contributed by atoms with Gasteiger partial charge in [-0.05, 0) is 19.1 Å². The van der Waals surface area contributed by atoms with Crippen LogP contribution in [0.25, 0.3) is 10.9 Å². The molecule has 5 heteroatoms. The van der Waals surface area contributed by atoms with Crippen LogP contribution in [-0.2, 0) is 10.7 Å². The molecule has 3 rings (SSSR count). The summed E-state index contributed by atoms with van der Waals surface area (Å²) in [6.07, 6.45) is 1.80. The van der Waals surface area contributed by atoms with E-state index in [0.29, 0.717) is 5.56 Å².